The Bertz CT molecular complexity index is 1300. The molecule has 10 heteroatoms. The molecule has 212 valence electrons. The zero-order valence-electron chi connectivity index (χ0n) is 22.0. The molecule has 39 heavy (non-hydrogen) atoms. The van der Waals surface area contributed by atoms with Gasteiger partial charge in [-0.25, -0.2) is 8.78 Å². The van der Waals surface area contributed by atoms with E-state index in [2.05, 4.69) is 10.3 Å². The van der Waals surface area contributed by atoms with Gasteiger partial charge in [0, 0.05) is 43.4 Å². The van der Waals surface area contributed by atoms with Crippen molar-refractivity contribution in [2.45, 2.75) is 76.2 Å². The number of nitrogens with one attached hydrogen (secondary N) is 2. The number of rotatable bonds is 13. The molecule has 4 rings (SSSR count). The molecule has 1 saturated carbocycles. The number of thiazole rings is 1. The normalized spacial score (nSPS) is 15.6. The SMILES string of the molecule is O=C(CCNCCc1ccccc1Cl)N(CCCCCc1ccc(O)c2[nH]c(=O)sc12)C1CCC(F)(F)CC1. The maximum atomic E-state index is 13.8. The maximum absolute atomic E-state index is 13.8. The number of aromatic hydroxyl groups is 1. The number of nitrogens with zero attached hydrogens (tertiary/aromatic N) is 1. The molecule has 1 aliphatic rings. The molecule has 0 bridgehead atoms. The van der Waals surface area contributed by atoms with Gasteiger partial charge in [0.25, 0.3) is 0 Å². The van der Waals surface area contributed by atoms with E-state index >= 15 is 0 Å². The second kappa shape index (κ2) is 13.7. The van der Waals surface area contributed by atoms with Gasteiger partial charge >= 0.3 is 4.87 Å². The highest BCUT2D eigenvalue weighted by molar-refractivity contribution is 7.16. The van der Waals surface area contributed by atoms with Crippen LogP contribution in [0.4, 0.5) is 8.78 Å². The Balaban J connectivity index is 1.25. The van der Waals surface area contributed by atoms with Gasteiger partial charge in [0.2, 0.25) is 11.8 Å². The molecule has 1 amide bonds. The van der Waals surface area contributed by atoms with Crippen LogP contribution in [0.1, 0.15) is 62.5 Å². The monoisotopic (exact) mass is 579 g/mol. The Morgan fingerprint density at radius 2 is 1.85 bits per heavy atom. The van der Waals surface area contributed by atoms with E-state index in [1.165, 1.54) is 0 Å². The summed E-state index contributed by atoms with van der Waals surface area (Å²) in [4.78, 5) is 29.2. The smallest absolute Gasteiger partial charge is 0.305 e. The lowest BCUT2D eigenvalue weighted by molar-refractivity contribution is -0.136. The average molecular weight is 580 g/mol. The fourth-order valence-electron chi connectivity index (χ4n) is 5.28. The van der Waals surface area contributed by atoms with Crippen LogP contribution in [0.15, 0.2) is 41.2 Å². The molecule has 0 saturated heterocycles. The van der Waals surface area contributed by atoms with Gasteiger partial charge in [-0.3, -0.25) is 9.59 Å². The molecular weight excluding hydrogens is 544 g/mol. The van der Waals surface area contributed by atoms with Crippen molar-refractivity contribution in [2.24, 2.45) is 0 Å². The number of aromatic nitrogens is 1. The maximum Gasteiger partial charge on any atom is 0.305 e. The third kappa shape index (κ3) is 8.25. The third-order valence-corrected chi connectivity index (χ3v) is 8.80. The molecule has 0 spiro atoms. The minimum Gasteiger partial charge on any atom is -0.506 e. The number of aryl methyl sites for hydroxylation is 1. The number of phenolic OH excluding ortho intramolecular Hbond substituents is 1. The topological polar surface area (TPSA) is 85.4 Å². The van der Waals surface area contributed by atoms with Crippen molar-refractivity contribution in [1.82, 2.24) is 15.2 Å². The lowest BCUT2D eigenvalue weighted by atomic mass is 9.90. The van der Waals surface area contributed by atoms with Crippen molar-refractivity contribution in [3.05, 3.63) is 62.2 Å². The molecule has 1 heterocycles. The Morgan fingerprint density at radius 3 is 2.62 bits per heavy atom. The van der Waals surface area contributed by atoms with Gasteiger partial charge in [0.1, 0.15) is 11.3 Å². The Morgan fingerprint density at radius 1 is 1.08 bits per heavy atom. The lowest BCUT2D eigenvalue weighted by Crippen LogP contribution is -2.45. The predicted molar refractivity (Wildman–Crippen MR) is 153 cm³/mol. The summed E-state index contributed by atoms with van der Waals surface area (Å²) in [6.07, 6.45) is 4.67. The number of phenols is 1. The number of benzene rings is 2. The molecule has 6 nitrogen and oxygen atoms in total. The molecule has 0 unspecified atom stereocenters. The minimum atomic E-state index is -2.63. The van der Waals surface area contributed by atoms with Crippen LogP contribution in [0.3, 0.4) is 0 Å². The van der Waals surface area contributed by atoms with Crippen LogP contribution in [0.5, 0.6) is 5.75 Å². The number of H-pyrrole nitrogens is 1. The first kappa shape index (κ1) is 29.5. The number of carbonyl (C=O) groups is 1. The number of carbonyl (C=O) groups excluding carboxylic acids is 1. The number of hydrogen-bond acceptors (Lipinski definition) is 5. The number of aromatic amines is 1. The minimum absolute atomic E-state index is 0.00722. The van der Waals surface area contributed by atoms with Crippen LogP contribution in [0.25, 0.3) is 10.2 Å². The molecule has 3 aromatic rings. The number of alkyl halides is 2. The second-order valence-electron chi connectivity index (χ2n) is 10.3. The number of fused-ring (bicyclic) bond motifs is 1. The van der Waals surface area contributed by atoms with E-state index in [0.29, 0.717) is 44.4 Å². The highest BCUT2D eigenvalue weighted by Crippen LogP contribution is 2.35. The Hall–Kier alpha value is -2.49. The van der Waals surface area contributed by atoms with E-state index in [4.69, 9.17) is 11.6 Å². The fourth-order valence-corrected chi connectivity index (χ4v) is 6.41. The van der Waals surface area contributed by atoms with Gasteiger partial charge in [-0.05, 0) is 68.3 Å². The first-order chi connectivity index (χ1) is 18.7. The molecule has 0 radical (unpaired) electrons. The summed E-state index contributed by atoms with van der Waals surface area (Å²) in [5, 5.41) is 14.0. The number of unbranched alkanes of at least 4 members (excludes halogenated alkanes) is 2. The summed E-state index contributed by atoms with van der Waals surface area (Å²) in [6.45, 7) is 1.78. The van der Waals surface area contributed by atoms with Crippen molar-refractivity contribution in [3.8, 4) is 5.75 Å². The van der Waals surface area contributed by atoms with Gasteiger partial charge in [-0.2, -0.15) is 0 Å². The van der Waals surface area contributed by atoms with Crippen molar-refractivity contribution < 1.29 is 18.7 Å². The second-order valence-corrected chi connectivity index (χ2v) is 11.7. The van der Waals surface area contributed by atoms with E-state index in [-0.39, 0.29) is 35.4 Å². The van der Waals surface area contributed by atoms with Crippen molar-refractivity contribution in [3.63, 3.8) is 0 Å². The summed E-state index contributed by atoms with van der Waals surface area (Å²) in [5.74, 6) is -2.56. The fraction of sp³-hybridized carbons (Fsp3) is 0.517. The van der Waals surface area contributed by atoms with Gasteiger partial charge < -0.3 is 20.3 Å². The zero-order valence-corrected chi connectivity index (χ0v) is 23.6. The van der Waals surface area contributed by atoms with Crippen molar-refractivity contribution in [2.75, 3.05) is 19.6 Å². The van der Waals surface area contributed by atoms with Gasteiger partial charge in [0.05, 0.1) is 4.70 Å². The largest absolute Gasteiger partial charge is 0.506 e. The van der Waals surface area contributed by atoms with Gasteiger partial charge in [-0.1, -0.05) is 53.6 Å². The number of halogens is 3. The zero-order chi connectivity index (χ0) is 27.8. The molecule has 1 aliphatic carbocycles. The molecule has 0 atom stereocenters. The molecule has 1 aromatic heterocycles. The first-order valence-electron chi connectivity index (χ1n) is 13.7. The predicted octanol–water partition coefficient (Wildman–Crippen LogP) is 6.29. The van der Waals surface area contributed by atoms with Crippen LogP contribution >= 0.6 is 22.9 Å². The summed E-state index contributed by atoms with van der Waals surface area (Å²) >= 11 is 7.30. The summed E-state index contributed by atoms with van der Waals surface area (Å²) in [6, 6.07) is 11.0. The summed E-state index contributed by atoms with van der Waals surface area (Å²) < 4.78 is 28.4. The highest BCUT2D eigenvalue weighted by Gasteiger charge is 2.37. The molecule has 0 aliphatic heterocycles. The summed E-state index contributed by atoms with van der Waals surface area (Å²) in [5.41, 5.74) is 2.55. The van der Waals surface area contributed by atoms with E-state index in [1.54, 1.807) is 6.07 Å². The molecule has 3 N–H and O–H groups in total. The molecule has 2 aromatic carbocycles. The number of amides is 1. The first-order valence-corrected chi connectivity index (χ1v) is 14.9. The molecular formula is C29H36ClF2N3O3S. The van der Waals surface area contributed by atoms with E-state index in [9.17, 15) is 23.5 Å². The van der Waals surface area contributed by atoms with Crippen LogP contribution in [-0.4, -0.2) is 52.5 Å². The third-order valence-electron chi connectivity index (χ3n) is 7.48. The Kier molecular flexibility index (Phi) is 10.4. The average Bonchev–Trinajstić information content (AvgIpc) is 3.31. The number of hydrogen-bond donors (Lipinski definition) is 3. The highest BCUT2D eigenvalue weighted by atomic mass is 35.5. The van der Waals surface area contributed by atoms with Gasteiger partial charge in [0.15, 0.2) is 0 Å². The van der Waals surface area contributed by atoms with Crippen LogP contribution in [0.2, 0.25) is 5.02 Å². The van der Waals surface area contributed by atoms with Crippen LogP contribution in [0, 0.1) is 0 Å². The van der Waals surface area contributed by atoms with E-state index in [1.807, 2.05) is 35.2 Å². The molecule has 1 fully saturated rings. The van der Waals surface area contributed by atoms with Crippen LogP contribution in [-0.2, 0) is 17.6 Å². The standard InChI is InChI=1S/C29H36ClF2N3O3S/c30-23-8-4-3-6-20(23)13-17-33-18-14-25(37)35(22-11-15-29(31,32)16-12-22)19-5-1-2-7-21-9-10-24(36)26-27(21)39-28(38)34-26/h3-4,6,8-10,22,33,36H,1-2,5,7,11-19H2,(H,34,38). The van der Waals surface area contributed by atoms with E-state index in [0.717, 1.165) is 64.3 Å². The Labute approximate surface area is 236 Å². The van der Waals surface area contributed by atoms with E-state index < -0.39 is 5.92 Å². The lowest BCUT2D eigenvalue weighted by Gasteiger charge is -2.37. The summed E-state index contributed by atoms with van der Waals surface area (Å²) in [7, 11) is 0. The van der Waals surface area contributed by atoms with Crippen molar-refractivity contribution >= 4 is 39.1 Å². The van der Waals surface area contributed by atoms with Gasteiger partial charge in [-0.15, -0.1) is 0 Å². The van der Waals surface area contributed by atoms with Crippen molar-refractivity contribution in [1.29, 1.82) is 0 Å². The van der Waals surface area contributed by atoms with Crippen LogP contribution < -0.4 is 10.2 Å². The quantitative estimate of drug-likeness (QED) is 0.208.